The standard InChI is InChI=1S/C21H28FN5O3/c1-3-5-18(25-21(29)23-12-15-7-9-17(22)10-8-15)20(28)27-11-4-6-16(13-27)19-24-14(2)26-30-19/h7-10,16,18H,3-6,11-13H2,1-2H3,(H2,23,25,29). The fourth-order valence-electron chi connectivity index (χ4n) is 3.62. The molecule has 8 nitrogen and oxygen atoms in total. The van der Waals surface area contributed by atoms with Gasteiger partial charge in [-0.15, -0.1) is 0 Å². The van der Waals surface area contributed by atoms with Gasteiger partial charge in [-0.3, -0.25) is 4.79 Å². The number of piperidine rings is 1. The van der Waals surface area contributed by atoms with Gasteiger partial charge in [0.2, 0.25) is 11.8 Å². The molecule has 0 aliphatic carbocycles. The zero-order chi connectivity index (χ0) is 21.5. The van der Waals surface area contributed by atoms with Crippen LogP contribution < -0.4 is 10.6 Å². The molecule has 2 atom stereocenters. The van der Waals surface area contributed by atoms with Crippen molar-refractivity contribution in [2.75, 3.05) is 13.1 Å². The summed E-state index contributed by atoms with van der Waals surface area (Å²) < 4.78 is 18.3. The number of aryl methyl sites for hydroxylation is 1. The van der Waals surface area contributed by atoms with E-state index in [0.717, 1.165) is 24.8 Å². The van der Waals surface area contributed by atoms with Crippen LogP contribution in [-0.4, -0.2) is 46.1 Å². The van der Waals surface area contributed by atoms with Crippen molar-refractivity contribution in [3.63, 3.8) is 0 Å². The number of benzene rings is 1. The van der Waals surface area contributed by atoms with Gasteiger partial charge in [-0.05, 0) is 43.9 Å². The quantitative estimate of drug-likeness (QED) is 0.722. The second kappa shape index (κ2) is 10.2. The van der Waals surface area contributed by atoms with Crippen LogP contribution in [0.15, 0.2) is 28.8 Å². The van der Waals surface area contributed by atoms with Gasteiger partial charge in [-0.25, -0.2) is 9.18 Å². The van der Waals surface area contributed by atoms with Gasteiger partial charge in [0.1, 0.15) is 11.9 Å². The van der Waals surface area contributed by atoms with Gasteiger partial charge in [0.15, 0.2) is 5.82 Å². The Balaban J connectivity index is 1.56. The van der Waals surface area contributed by atoms with Crippen molar-refractivity contribution in [2.45, 2.75) is 58.0 Å². The molecule has 162 valence electrons. The second-order valence-corrected chi connectivity index (χ2v) is 7.60. The van der Waals surface area contributed by atoms with Gasteiger partial charge in [0.05, 0.1) is 5.92 Å². The maximum absolute atomic E-state index is 13.1. The van der Waals surface area contributed by atoms with Gasteiger partial charge in [-0.2, -0.15) is 4.98 Å². The number of amides is 3. The minimum atomic E-state index is -0.605. The summed E-state index contributed by atoms with van der Waals surface area (Å²) in [6.07, 6.45) is 3.03. The van der Waals surface area contributed by atoms with Crippen LogP contribution in [-0.2, 0) is 11.3 Å². The lowest BCUT2D eigenvalue weighted by Crippen LogP contribution is -2.53. The lowest BCUT2D eigenvalue weighted by atomic mass is 9.97. The van der Waals surface area contributed by atoms with Crippen LogP contribution in [0.2, 0.25) is 0 Å². The molecule has 1 fully saturated rings. The zero-order valence-corrected chi connectivity index (χ0v) is 17.4. The number of halogens is 1. The summed E-state index contributed by atoms with van der Waals surface area (Å²) in [6, 6.07) is 4.87. The highest BCUT2D eigenvalue weighted by Gasteiger charge is 2.32. The average Bonchev–Trinajstić information content (AvgIpc) is 3.19. The van der Waals surface area contributed by atoms with E-state index in [2.05, 4.69) is 20.8 Å². The molecule has 1 aliphatic rings. The highest BCUT2D eigenvalue weighted by molar-refractivity contribution is 5.87. The summed E-state index contributed by atoms with van der Waals surface area (Å²) >= 11 is 0. The monoisotopic (exact) mass is 417 g/mol. The SMILES string of the molecule is CCCC(NC(=O)NCc1ccc(F)cc1)C(=O)N1CCCC(c2nc(C)no2)C1. The lowest BCUT2D eigenvalue weighted by Gasteiger charge is -2.33. The van der Waals surface area contributed by atoms with Crippen molar-refractivity contribution in [3.05, 3.63) is 47.4 Å². The van der Waals surface area contributed by atoms with Gasteiger partial charge >= 0.3 is 6.03 Å². The molecule has 3 amide bonds. The number of hydrogen-bond acceptors (Lipinski definition) is 5. The highest BCUT2D eigenvalue weighted by Crippen LogP contribution is 2.26. The van der Waals surface area contributed by atoms with Crippen LogP contribution in [0.25, 0.3) is 0 Å². The molecule has 1 aromatic heterocycles. The molecule has 3 rings (SSSR count). The molecule has 2 heterocycles. The van der Waals surface area contributed by atoms with E-state index in [0.29, 0.717) is 31.2 Å². The number of nitrogens with zero attached hydrogens (tertiary/aromatic N) is 3. The Morgan fingerprint density at radius 3 is 2.77 bits per heavy atom. The first kappa shape index (κ1) is 21.7. The molecular formula is C21H28FN5O3. The van der Waals surface area contributed by atoms with Crippen molar-refractivity contribution in [1.82, 2.24) is 25.7 Å². The molecule has 9 heteroatoms. The van der Waals surface area contributed by atoms with Gasteiger partial charge in [0.25, 0.3) is 0 Å². The van der Waals surface area contributed by atoms with Crippen molar-refractivity contribution in [1.29, 1.82) is 0 Å². The summed E-state index contributed by atoms with van der Waals surface area (Å²) in [7, 11) is 0. The summed E-state index contributed by atoms with van der Waals surface area (Å²) in [4.78, 5) is 31.5. The predicted molar refractivity (Wildman–Crippen MR) is 108 cm³/mol. The van der Waals surface area contributed by atoms with Gasteiger partial charge < -0.3 is 20.1 Å². The maximum atomic E-state index is 13.1. The third-order valence-corrected chi connectivity index (χ3v) is 5.17. The van der Waals surface area contributed by atoms with E-state index in [1.165, 1.54) is 12.1 Å². The summed E-state index contributed by atoms with van der Waals surface area (Å²) in [5.74, 6) is 0.722. The molecule has 2 aromatic rings. The minimum absolute atomic E-state index is 0.0125. The molecule has 0 bridgehead atoms. The molecule has 2 N–H and O–H groups in total. The van der Waals surface area contributed by atoms with E-state index in [4.69, 9.17) is 4.52 Å². The lowest BCUT2D eigenvalue weighted by molar-refractivity contribution is -0.134. The van der Waals surface area contributed by atoms with Crippen molar-refractivity contribution >= 4 is 11.9 Å². The number of hydrogen-bond donors (Lipinski definition) is 2. The van der Waals surface area contributed by atoms with Crippen LogP contribution in [0.5, 0.6) is 0 Å². The Morgan fingerprint density at radius 1 is 1.33 bits per heavy atom. The van der Waals surface area contributed by atoms with Crippen molar-refractivity contribution in [3.8, 4) is 0 Å². The molecule has 0 saturated carbocycles. The first-order valence-corrected chi connectivity index (χ1v) is 10.3. The van der Waals surface area contributed by atoms with E-state index in [9.17, 15) is 14.0 Å². The zero-order valence-electron chi connectivity index (χ0n) is 17.4. The Bertz CT molecular complexity index is 855. The summed E-state index contributed by atoms with van der Waals surface area (Å²) in [5.41, 5.74) is 0.777. The van der Waals surface area contributed by atoms with Crippen LogP contribution in [0.3, 0.4) is 0 Å². The van der Waals surface area contributed by atoms with E-state index in [-0.39, 0.29) is 24.2 Å². The van der Waals surface area contributed by atoms with E-state index >= 15 is 0 Å². The molecule has 1 aliphatic heterocycles. The Labute approximate surface area is 175 Å². The number of rotatable bonds is 7. The van der Waals surface area contributed by atoms with E-state index in [1.54, 1.807) is 24.0 Å². The number of carbonyl (C=O) groups is 2. The van der Waals surface area contributed by atoms with Gasteiger partial charge in [0, 0.05) is 19.6 Å². The van der Waals surface area contributed by atoms with Crippen molar-refractivity contribution in [2.24, 2.45) is 0 Å². The first-order valence-electron chi connectivity index (χ1n) is 10.3. The molecular weight excluding hydrogens is 389 g/mol. The summed E-state index contributed by atoms with van der Waals surface area (Å²) in [5, 5.41) is 9.35. The number of urea groups is 1. The molecule has 2 unspecified atom stereocenters. The number of nitrogens with one attached hydrogen (secondary N) is 2. The first-order chi connectivity index (χ1) is 14.5. The number of likely N-dealkylation sites (tertiary alicyclic amines) is 1. The average molecular weight is 417 g/mol. The summed E-state index contributed by atoms with van der Waals surface area (Å²) in [6.45, 7) is 5.13. The molecule has 1 saturated heterocycles. The molecule has 0 spiro atoms. The molecule has 30 heavy (non-hydrogen) atoms. The van der Waals surface area contributed by atoms with Gasteiger partial charge in [-0.1, -0.05) is 30.6 Å². The Hall–Kier alpha value is -2.97. The molecule has 1 aromatic carbocycles. The Morgan fingerprint density at radius 2 is 2.10 bits per heavy atom. The van der Waals surface area contributed by atoms with E-state index in [1.807, 2.05) is 6.92 Å². The van der Waals surface area contributed by atoms with Crippen LogP contribution in [0.4, 0.5) is 9.18 Å². The van der Waals surface area contributed by atoms with Crippen LogP contribution >= 0.6 is 0 Å². The predicted octanol–water partition coefficient (Wildman–Crippen LogP) is 2.89. The topological polar surface area (TPSA) is 100 Å². The largest absolute Gasteiger partial charge is 0.340 e. The van der Waals surface area contributed by atoms with Crippen LogP contribution in [0, 0.1) is 12.7 Å². The van der Waals surface area contributed by atoms with E-state index < -0.39 is 12.1 Å². The third kappa shape index (κ3) is 5.77. The van der Waals surface area contributed by atoms with Crippen LogP contribution in [0.1, 0.15) is 55.8 Å². The fraction of sp³-hybridized carbons (Fsp3) is 0.524. The molecule has 0 radical (unpaired) electrons. The highest BCUT2D eigenvalue weighted by atomic mass is 19.1. The maximum Gasteiger partial charge on any atom is 0.315 e. The Kier molecular flexibility index (Phi) is 7.37. The number of carbonyl (C=O) groups excluding carboxylic acids is 2. The third-order valence-electron chi connectivity index (χ3n) is 5.17. The normalized spacial score (nSPS) is 17.4. The number of aromatic nitrogens is 2. The van der Waals surface area contributed by atoms with Crippen molar-refractivity contribution < 1.29 is 18.5 Å². The minimum Gasteiger partial charge on any atom is -0.340 e. The fourth-order valence-corrected chi connectivity index (χ4v) is 3.62. The smallest absolute Gasteiger partial charge is 0.315 e. The second-order valence-electron chi connectivity index (χ2n) is 7.60.